The molecule has 0 aromatic heterocycles. The zero-order chi connectivity index (χ0) is 12.5. The maximum absolute atomic E-state index is 6.04. The molecule has 1 aromatic carbocycles. The first kappa shape index (κ1) is 14.0. The van der Waals surface area contributed by atoms with Crippen LogP contribution in [-0.4, -0.2) is 20.3 Å². The number of nitrogens with two attached hydrogens (primary N) is 1. The molecular formula is C14H23NO2. The molecule has 96 valence electrons. The number of unbranched alkanes of at least 4 members (excludes halogenated alkanes) is 2. The van der Waals surface area contributed by atoms with Crippen molar-refractivity contribution in [3.63, 3.8) is 0 Å². The fraction of sp³-hybridized carbons (Fsp3) is 0.571. The van der Waals surface area contributed by atoms with Crippen LogP contribution in [-0.2, 0) is 4.74 Å². The lowest BCUT2D eigenvalue weighted by Crippen LogP contribution is -2.17. The average Bonchev–Trinajstić information content (AvgIpc) is 2.38. The van der Waals surface area contributed by atoms with Crippen LogP contribution in [0.15, 0.2) is 24.3 Å². The van der Waals surface area contributed by atoms with Crippen LogP contribution in [0.5, 0.6) is 5.75 Å². The summed E-state index contributed by atoms with van der Waals surface area (Å²) in [5, 5.41) is 0. The summed E-state index contributed by atoms with van der Waals surface area (Å²) in [7, 11) is 1.66. The lowest BCUT2D eigenvalue weighted by molar-refractivity contribution is 0.117. The van der Waals surface area contributed by atoms with Gasteiger partial charge < -0.3 is 15.2 Å². The first-order chi connectivity index (χ1) is 8.27. The minimum Gasteiger partial charge on any atom is -0.497 e. The third-order valence-electron chi connectivity index (χ3n) is 2.73. The van der Waals surface area contributed by atoms with Crippen molar-refractivity contribution >= 4 is 0 Å². The zero-order valence-electron chi connectivity index (χ0n) is 10.8. The summed E-state index contributed by atoms with van der Waals surface area (Å²) in [6, 6.07) is 7.76. The predicted molar refractivity (Wildman–Crippen MR) is 70.3 cm³/mol. The highest BCUT2D eigenvalue weighted by atomic mass is 16.5. The van der Waals surface area contributed by atoms with Gasteiger partial charge in [-0.25, -0.2) is 0 Å². The molecule has 0 aliphatic heterocycles. The van der Waals surface area contributed by atoms with Gasteiger partial charge in [-0.2, -0.15) is 0 Å². The smallest absolute Gasteiger partial charge is 0.118 e. The minimum atomic E-state index is -0.0532. The van der Waals surface area contributed by atoms with Crippen LogP contribution in [0.25, 0.3) is 0 Å². The van der Waals surface area contributed by atoms with E-state index in [0.717, 1.165) is 24.3 Å². The van der Waals surface area contributed by atoms with Crippen molar-refractivity contribution in [1.29, 1.82) is 0 Å². The first-order valence-electron chi connectivity index (χ1n) is 6.25. The van der Waals surface area contributed by atoms with Crippen LogP contribution in [0.3, 0.4) is 0 Å². The molecule has 1 unspecified atom stereocenters. The van der Waals surface area contributed by atoms with Crippen molar-refractivity contribution in [2.45, 2.75) is 32.2 Å². The molecule has 0 aliphatic rings. The van der Waals surface area contributed by atoms with Crippen molar-refractivity contribution < 1.29 is 9.47 Å². The van der Waals surface area contributed by atoms with Gasteiger partial charge in [-0.15, -0.1) is 0 Å². The standard InChI is InChI=1S/C14H23NO2/c1-3-4-5-10-17-11-14(15)12-6-8-13(16-2)9-7-12/h6-9,14H,3-5,10-11,15H2,1-2H3. The van der Waals surface area contributed by atoms with E-state index in [4.69, 9.17) is 15.2 Å². The Morgan fingerprint density at radius 2 is 1.88 bits per heavy atom. The summed E-state index contributed by atoms with van der Waals surface area (Å²) in [6.07, 6.45) is 3.55. The summed E-state index contributed by atoms with van der Waals surface area (Å²) in [6.45, 7) is 3.57. The van der Waals surface area contributed by atoms with E-state index in [-0.39, 0.29) is 6.04 Å². The monoisotopic (exact) mass is 237 g/mol. The van der Waals surface area contributed by atoms with Crippen molar-refractivity contribution in [2.75, 3.05) is 20.3 Å². The van der Waals surface area contributed by atoms with Crippen molar-refractivity contribution in [2.24, 2.45) is 5.73 Å². The van der Waals surface area contributed by atoms with E-state index >= 15 is 0 Å². The molecular weight excluding hydrogens is 214 g/mol. The van der Waals surface area contributed by atoms with E-state index in [1.165, 1.54) is 12.8 Å². The average molecular weight is 237 g/mol. The molecule has 1 atom stereocenters. The highest BCUT2D eigenvalue weighted by Gasteiger charge is 2.05. The van der Waals surface area contributed by atoms with Crippen LogP contribution in [0, 0.1) is 0 Å². The summed E-state index contributed by atoms with van der Waals surface area (Å²) >= 11 is 0. The van der Waals surface area contributed by atoms with Gasteiger partial charge in [-0.05, 0) is 24.1 Å². The van der Waals surface area contributed by atoms with E-state index < -0.39 is 0 Å². The highest BCUT2D eigenvalue weighted by Crippen LogP contribution is 2.16. The van der Waals surface area contributed by atoms with Gasteiger partial charge in [0, 0.05) is 6.61 Å². The second-order valence-corrected chi connectivity index (χ2v) is 4.16. The number of ether oxygens (including phenoxy) is 2. The van der Waals surface area contributed by atoms with Crippen LogP contribution in [0.4, 0.5) is 0 Å². The van der Waals surface area contributed by atoms with Gasteiger partial charge in [0.15, 0.2) is 0 Å². The summed E-state index contributed by atoms with van der Waals surface area (Å²) in [5.74, 6) is 0.852. The molecule has 1 aromatic rings. The van der Waals surface area contributed by atoms with Gasteiger partial charge in [-0.3, -0.25) is 0 Å². The van der Waals surface area contributed by atoms with Crippen LogP contribution < -0.4 is 10.5 Å². The van der Waals surface area contributed by atoms with Gasteiger partial charge in [0.1, 0.15) is 5.75 Å². The quantitative estimate of drug-likeness (QED) is 0.707. The van der Waals surface area contributed by atoms with Gasteiger partial charge in [0.2, 0.25) is 0 Å². The van der Waals surface area contributed by atoms with Gasteiger partial charge in [-0.1, -0.05) is 31.9 Å². The van der Waals surface area contributed by atoms with Crippen LogP contribution >= 0.6 is 0 Å². The molecule has 0 fully saturated rings. The molecule has 0 spiro atoms. The Bertz CT molecular complexity index is 298. The van der Waals surface area contributed by atoms with E-state index in [2.05, 4.69) is 6.92 Å². The molecule has 0 saturated carbocycles. The first-order valence-corrected chi connectivity index (χ1v) is 6.25. The van der Waals surface area contributed by atoms with Crippen molar-refractivity contribution in [3.8, 4) is 5.75 Å². The van der Waals surface area contributed by atoms with Crippen LogP contribution in [0.1, 0.15) is 37.8 Å². The van der Waals surface area contributed by atoms with Gasteiger partial charge in [0.05, 0.1) is 19.8 Å². The maximum Gasteiger partial charge on any atom is 0.118 e. The number of rotatable bonds is 8. The fourth-order valence-electron chi connectivity index (χ4n) is 1.61. The summed E-state index contributed by atoms with van der Waals surface area (Å²) in [5.41, 5.74) is 7.12. The largest absolute Gasteiger partial charge is 0.497 e. The molecule has 3 nitrogen and oxygen atoms in total. The number of benzene rings is 1. The molecule has 0 saturated heterocycles. The Labute approximate surface area is 104 Å². The Morgan fingerprint density at radius 1 is 1.18 bits per heavy atom. The van der Waals surface area contributed by atoms with Crippen molar-refractivity contribution in [3.05, 3.63) is 29.8 Å². The molecule has 17 heavy (non-hydrogen) atoms. The number of hydrogen-bond acceptors (Lipinski definition) is 3. The van der Waals surface area contributed by atoms with E-state index in [1.54, 1.807) is 7.11 Å². The summed E-state index contributed by atoms with van der Waals surface area (Å²) < 4.78 is 10.7. The second kappa shape index (κ2) is 8.09. The maximum atomic E-state index is 6.04. The van der Waals surface area contributed by atoms with Crippen LogP contribution in [0.2, 0.25) is 0 Å². The van der Waals surface area contributed by atoms with Gasteiger partial charge >= 0.3 is 0 Å². The molecule has 1 rings (SSSR count). The fourth-order valence-corrected chi connectivity index (χ4v) is 1.61. The molecule has 2 N–H and O–H groups in total. The SMILES string of the molecule is CCCCCOCC(N)c1ccc(OC)cc1. The lowest BCUT2D eigenvalue weighted by atomic mass is 10.1. The Kier molecular flexibility index (Phi) is 6.67. The Morgan fingerprint density at radius 3 is 2.47 bits per heavy atom. The van der Waals surface area contributed by atoms with E-state index in [0.29, 0.717) is 6.61 Å². The second-order valence-electron chi connectivity index (χ2n) is 4.16. The zero-order valence-corrected chi connectivity index (χ0v) is 10.8. The van der Waals surface area contributed by atoms with E-state index in [1.807, 2.05) is 24.3 Å². The van der Waals surface area contributed by atoms with E-state index in [9.17, 15) is 0 Å². The van der Waals surface area contributed by atoms with Gasteiger partial charge in [0.25, 0.3) is 0 Å². The molecule has 0 heterocycles. The number of methoxy groups -OCH3 is 1. The highest BCUT2D eigenvalue weighted by molar-refractivity contribution is 5.28. The Balaban J connectivity index is 2.28. The minimum absolute atomic E-state index is 0.0532. The normalized spacial score (nSPS) is 12.4. The predicted octanol–water partition coefficient (Wildman–Crippen LogP) is 2.90. The Hall–Kier alpha value is -1.06. The third-order valence-corrected chi connectivity index (χ3v) is 2.73. The third kappa shape index (κ3) is 5.20. The topological polar surface area (TPSA) is 44.5 Å². The lowest BCUT2D eigenvalue weighted by Gasteiger charge is -2.13. The molecule has 0 aliphatic carbocycles. The molecule has 0 radical (unpaired) electrons. The molecule has 0 bridgehead atoms. The number of hydrogen-bond donors (Lipinski definition) is 1. The van der Waals surface area contributed by atoms with Crippen molar-refractivity contribution in [1.82, 2.24) is 0 Å². The molecule has 0 amide bonds. The molecule has 3 heteroatoms. The summed E-state index contributed by atoms with van der Waals surface area (Å²) in [4.78, 5) is 0.